The first kappa shape index (κ1) is 14.0. The summed E-state index contributed by atoms with van der Waals surface area (Å²) < 4.78 is 5.90. The minimum absolute atomic E-state index is 0.226. The van der Waals surface area contributed by atoms with Crippen LogP contribution < -0.4 is 4.74 Å². The normalized spacial score (nSPS) is 13.5. The van der Waals surface area contributed by atoms with Gasteiger partial charge in [0.25, 0.3) is 0 Å². The molecule has 0 amide bonds. The summed E-state index contributed by atoms with van der Waals surface area (Å²) in [5.74, 6) is -0.0361. The number of thioether (sulfide) groups is 2. The number of rotatable bonds is 4. The van der Waals surface area contributed by atoms with Crippen molar-refractivity contribution in [3.05, 3.63) is 50.5 Å². The molecule has 98 valence electrons. The van der Waals surface area contributed by atoms with Gasteiger partial charge in [-0.05, 0) is 29.9 Å². The molecule has 0 aromatic heterocycles. The lowest BCUT2D eigenvalue weighted by molar-refractivity contribution is -0.113. The molecular weight excluding hydrogens is 280 g/mol. The van der Waals surface area contributed by atoms with Crippen molar-refractivity contribution in [1.82, 2.24) is 0 Å². The number of carbonyl (C=O) groups excluding carboxylic acids is 2. The second kappa shape index (κ2) is 6.12. The highest BCUT2D eigenvalue weighted by atomic mass is 32.2. The first-order valence-electron chi connectivity index (χ1n) is 5.56. The Bertz CT molecular complexity index is 578. The molecule has 5 heteroatoms. The van der Waals surface area contributed by atoms with Crippen molar-refractivity contribution < 1.29 is 14.3 Å². The van der Waals surface area contributed by atoms with Gasteiger partial charge < -0.3 is 4.74 Å². The van der Waals surface area contributed by atoms with Crippen LogP contribution in [0.3, 0.4) is 0 Å². The third kappa shape index (κ3) is 2.93. The predicted octanol–water partition coefficient (Wildman–Crippen LogP) is 3.63. The SMILES string of the molecule is COc1ccccc1C(=O)C(C(C)=O)=C1SC=CS1. The van der Waals surface area contributed by atoms with Gasteiger partial charge in [0.1, 0.15) is 5.75 Å². The number of Topliss-reactive ketones (excluding diaryl/α,β-unsaturated/α-hetero) is 2. The van der Waals surface area contributed by atoms with Crippen molar-refractivity contribution in [2.24, 2.45) is 0 Å². The number of hydrogen-bond donors (Lipinski definition) is 0. The first-order chi connectivity index (χ1) is 9.15. The summed E-state index contributed by atoms with van der Waals surface area (Å²) in [7, 11) is 1.51. The Labute approximate surface area is 120 Å². The third-order valence-electron chi connectivity index (χ3n) is 2.54. The summed E-state index contributed by atoms with van der Waals surface area (Å²) in [6.45, 7) is 1.41. The fourth-order valence-corrected chi connectivity index (χ4v) is 3.64. The molecule has 19 heavy (non-hydrogen) atoms. The summed E-state index contributed by atoms with van der Waals surface area (Å²) in [4.78, 5) is 24.3. The number of allylic oxidation sites excluding steroid dienone is 1. The van der Waals surface area contributed by atoms with Gasteiger partial charge in [0.2, 0.25) is 5.78 Å². The maximum Gasteiger partial charge on any atom is 0.202 e. The molecule has 0 saturated heterocycles. The Morgan fingerprint density at radius 2 is 1.74 bits per heavy atom. The highest BCUT2D eigenvalue weighted by Crippen LogP contribution is 2.41. The van der Waals surface area contributed by atoms with Crippen LogP contribution in [0.25, 0.3) is 0 Å². The molecule has 1 aliphatic heterocycles. The molecule has 0 spiro atoms. The number of ketones is 2. The molecule has 0 fully saturated rings. The van der Waals surface area contributed by atoms with E-state index in [1.807, 2.05) is 10.8 Å². The largest absolute Gasteiger partial charge is 0.496 e. The number of ether oxygens (including phenoxy) is 1. The molecule has 1 aromatic rings. The van der Waals surface area contributed by atoms with Crippen LogP contribution in [0.4, 0.5) is 0 Å². The van der Waals surface area contributed by atoms with Crippen molar-refractivity contribution in [2.45, 2.75) is 6.92 Å². The fourth-order valence-electron chi connectivity index (χ4n) is 1.69. The monoisotopic (exact) mass is 292 g/mol. The molecule has 0 aliphatic carbocycles. The molecule has 0 N–H and O–H groups in total. The van der Waals surface area contributed by atoms with E-state index in [1.54, 1.807) is 24.3 Å². The van der Waals surface area contributed by atoms with E-state index in [9.17, 15) is 9.59 Å². The summed E-state index contributed by atoms with van der Waals surface area (Å²) in [6, 6.07) is 6.92. The lowest BCUT2D eigenvalue weighted by Gasteiger charge is -2.10. The van der Waals surface area contributed by atoms with Crippen molar-refractivity contribution in [2.75, 3.05) is 7.11 Å². The lowest BCUT2D eigenvalue weighted by atomic mass is 10.0. The van der Waals surface area contributed by atoms with Gasteiger partial charge in [-0.2, -0.15) is 0 Å². The highest BCUT2D eigenvalue weighted by Gasteiger charge is 2.25. The molecular formula is C14H12O3S2. The maximum absolute atomic E-state index is 12.5. The molecule has 3 nitrogen and oxygen atoms in total. The van der Waals surface area contributed by atoms with E-state index >= 15 is 0 Å². The van der Waals surface area contributed by atoms with Crippen LogP contribution in [0.5, 0.6) is 5.75 Å². The number of para-hydroxylation sites is 1. The van der Waals surface area contributed by atoms with E-state index in [4.69, 9.17) is 4.74 Å². The van der Waals surface area contributed by atoms with Crippen molar-refractivity contribution in [3.8, 4) is 5.75 Å². The highest BCUT2D eigenvalue weighted by molar-refractivity contribution is 8.27. The molecule has 1 aromatic carbocycles. The van der Waals surface area contributed by atoms with Crippen LogP contribution in [-0.4, -0.2) is 18.7 Å². The minimum Gasteiger partial charge on any atom is -0.496 e. The van der Waals surface area contributed by atoms with Gasteiger partial charge in [0.15, 0.2) is 5.78 Å². The van der Waals surface area contributed by atoms with Crippen LogP contribution in [0.15, 0.2) is 44.9 Å². The van der Waals surface area contributed by atoms with Crippen LogP contribution in [0.2, 0.25) is 0 Å². The lowest BCUT2D eigenvalue weighted by Crippen LogP contribution is -2.12. The van der Waals surface area contributed by atoms with Crippen molar-refractivity contribution in [3.63, 3.8) is 0 Å². The summed E-state index contributed by atoms with van der Waals surface area (Å²) in [5, 5.41) is 3.72. The molecule has 1 heterocycles. The first-order valence-corrected chi connectivity index (χ1v) is 7.32. The zero-order valence-corrected chi connectivity index (χ0v) is 12.1. The topological polar surface area (TPSA) is 43.4 Å². The van der Waals surface area contributed by atoms with E-state index in [0.717, 1.165) is 4.24 Å². The van der Waals surface area contributed by atoms with Gasteiger partial charge in [-0.3, -0.25) is 9.59 Å². The third-order valence-corrected chi connectivity index (χ3v) is 4.67. The van der Waals surface area contributed by atoms with E-state index in [-0.39, 0.29) is 17.1 Å². The Hall–Kier alpha value is -1.46. The molecule has 2 rings (SSSR count). The Kier molecular flexibility index (Phi) is 4.50. The number of methoxy groups -OCH3 is 1. The number of benzene rings is 1. The Morgan fingerprint density at radius 1 is 1.11 bits per heavy atom. The molecule has 0 atom stereocenters. The smallest absolute Gasteiger partial charge is 0.202 e. The second-order valence-electron chi connectivity index (χ2n) is 3.76. The summed E-state index contributed by atoms with van der Waals surface area (Å²) >= 11 is 2.79. The van der Waals surface area contributed by atoms with E-state index in [1.165, 1.54) is 37.6 Å². The average Bonchev–Trinajstić information content (AvgIpc) is 2.92. The molecule has 1 aliphatic rings. The Balaban J connectivity index is 2.46. The van der Waals surface area contributed by atoms with Crippen LogP contribution in [0.1, 0.15) is 17.3 Å². The van der Waals surface area contributed by atoms with E-state index < -0.39 is 0 Å². The standard InChI is InChI=1S/C14H12O3S2/c1-9(15)12(14-18-7-8-19-14)13(16)10-5-3-4-6-11(10)17-2/h3-8H,1-2H3. The van der Waals surface area contributed by atoms with Crippen LogP contribution >= 0.6 is 23.5 Å². The average molecular weight is 292 g/mol. The molecule has 0 radical (unpaired) electrons. The molecule has 0 saturated carbocycles. The second-order valence-corrected chi connectivity index (χ2v) is 5.85. The van der Waals surface area contributed by atoms with Gasteiger partial charge >= 0.3 is 0 Å². The quantitative estimate of drug-likeness (QED) is 0.367. The maximum atomic E-state index is 12.5. The minimum atomic E-state index is -0.288. The fraction of sp³-hybridized carbons (Fsp3) is 0.143. The zero-order valence-electron chi connectivity index (χ0n) is 10.5. The number of hydrogen-bond acceptors (Lipinski definition) is 5. The number of carbonyl (C=O) groups is 2. The van der Waals surface area contributed by atoms with Gasteiger partial charge in [-0.15, -0.1) is 0 Å². The van der Waals surface area contributed by atoms with Gasteiger partial charge in [0.05, 0.1) is 22.5 Å². The van der Waals surface area contributed by atoms with Crippen LogP contribution in [0, 0.1) is 0 Å². The van der Waals surface area contributed by atoms with Crippen molar-refractivity contribution >= 4 is 35.1 Å². The zero-order chi connectivity index (χ0) is 13.8. The molecule has 0 bridgehead atoms. The van der Waals surface area contributed by atoms with Gasteiger partial charge in [-0.1, -0.05) is 35.7 Å². The Morgan fingerprint density at radius 3 is 2.32 bits per heavy atom. The van der Waals surface area contributed by atoms with Crippen LogP contribution in [-0.2, 0) is 4.79 Å². The predicted molar refractivity (Wildman–Crippen MR) is 79.4 cm³/mol. The van der Waals surface area contributed by atoms with Gasteiger partial charge in [0, 0.05) is 0 Å². The summed E-state index contributed by atoms with van der Waals surface area (Å²) in [6.07, 6.45) is 0. The van der Waals surface area contributed by atoms with E-state index in [2.05, 4.69) is 0 Å². The van der Waals surface area contributed by atoms with Crippen molar-refractivity contribution in [1.29, 1.82) is 0 Å². The van der Waals surface area contributed by atoms with E-state index in [0.29, 0.717) is 11.3 Å². The summed E-state index contributed by atoms with van der Waals surface area (Å²) in [5.41, 5.74) is 0.639. The van der Waals surface area contributed by atoms with Gasteiger partial charge in [-0.25, -0.2) is 0 Å². The molecule has 0 unspecified atom stereocenters.